The van der Waals surface area contributed by atoms with Crippen molar-refractivity contribution in [1.82, 2.24) is 5.32 Å². The lowest BCUT2D eigenvalue weighted by atomic mass is 10.1. The summed E-state index contributed by atoms with van der Waals surface area (Å²) in [6.45, 7) is 2.40. The van der Waals surface area contributed by atoms with E-state index in [4.69, 9.17) is 13.8 Å². The highest BCUT2D eigenvalue weighted by molar-refractivity contribution is 7.47. The van der Waals surface area contributed by atoms with E-state index in [9.17, 15) is 34.1 Å². The molecule has 4 N–H and O–H groups in total. The minimum atomic E-state index is -4.76. The second kappa shape index (κ2) is 33.6. The SMILES string of the molecule is CCC/C=C\C/C=C\CCCCCCCC(=O)NC(COP(=O)(O)OCC(O)COC(=O)CCCCCCC/C=C\C/C=C\CCC)C(=O)O. The van der Waals surface area contributed by atoms with Gasteiger partial charge in [-0.15, -0.1) is 0 Å². The number of ether oxygens (including phenoxy) is 1. The molecule has 0 aliphatic carbocycles. The first-order valence-corrected chi connectivity index (χ1v) is 20.2. The second-order valence-corrected chi connectivity index (χ2v) is 13.9. The van der Waals surface area contributed by atoms with Crippen molar-refractivity contribution in [2.24, 2.45) is 0 Å². The van der Waals surface area contributed by atoms with Crippen molar-refractivity contribution in [3.63, 3.8) is 0 Å². The molecule has 0 fully saturated rings. The fourth-order valence-electron chi connectivity index (χ4n) is 4.62. The number of carboxylic acid groups (broad SMARTS) is 1. The number of carbonyl (C=O) groups excluding carboxylic acids is 2. The minimum absolute atomic E-state index is 0.126. The summed E-state index contributed by atoms with van der Waals surface area (Å²) in [7, 11) is -4.76. The molecule has 0 aromatic carbocycles. The molecule has 11 nitrogen and oxygen atoms in total. The first-order chi connectivity index (χ1) is 24.1. The van der Waals surface area contributed by atoms with Crippen LogP contribution in [0, 0.1) is 0 Å². The average molecular weight is 728 g/mol. The van der Waals surface area contributed by atoms with E-state index in [0.29, 0.717) is 12.8 Å². The predicted molar refractivity (Wildman–Crippen MR) is 199 cm³/mol. The van der Waals surface area contributed by atoms with Gasteiger partial charge in [0.05, 0.1) is 13.2 Å². The van der Waals surface area contributed by atoms with E-state index in [1.54, 1.807) is 0 Å². The summed E-state index contributed by atoms with van der Waals surface area (Å²) in [6, 6.07) is -1.55. The zero-order valence-corrected chi connectivity index (χ0v) is 31.6. The number of esters is 1. The maximum atomic E-state index is 12.2. The Morgan fingerprint density at radius 1 is 0.640 bits per heavy atom. The number of amides is 1. The molecule has 0 aromatic heterocycles. The van der Waals surface area contributed by atoms with Crippen molar-refractivity contribution in [2.75, 3.05) is 19.8 Å². The summed E-state index contributed by atoms with van der Waals surface area (Å²) in [4.78, 5) is 45.6. The van der Waals surface area contributed by atoms with Gasteiger partial charge in [0.25, 0.3) is 0 Å². The zero-order valence-electron chi connectivity index (χ0n) is 30.7. The van der Waals surface area contributed by atoms with Crippen LogP contribution in [0.3, 0.4) is 0 Å². The van der Waals surface area contributed by atoms with Crippen LogP contribution in [0.25, 0.3) is 0 Å². The maximum Gasteiger partial charge on any atom is 0.472 e. The number of hydrogen-bond donors (Lipinski definition) is 4. The van der Waals surface area contributed by atoms with E-state index in [2.05, 4.69) is 67.8 Å². The van der Waals surface area contributed by atoms with Crippen LogP contribution in [0.15, 0.2) is 48.6 Å². The Hall–Kier alpha value is -2.56. The molecule has 3 unspecified atom stereocenters. The minimum Gasteiger partial charge on any atom is -0.480 e. The van der Waals surface area contributed by atoms with Gasteiger partial charge in [0, 0.05) is 12.8 Å². The molecule has 0 aliphatic heterocycles. The van der Waals surface area contributed by atoms with Gasteiger partial charge in [0.15, 0.2) is 6.04 Å². The Kier molecular flexibility index (Phi) is 31.9. The molecule has 288 valence electrons. The molecule has 3 atom stereocenters. The molecule has 0 aromatic rings. The Morgan fingerprint density at radius 3 is 1.62 bits per heavy atom. The molecule has 1 amide bonds. The monoisotopic (exact) mass is 727 g/mol. The van der Waals surface area contributed by atoms with E-state index in [1.807, 2.05) is 0 Å². The van der Waals surface area contributed by atoms with Crippen LogP contribution in [-0.4, -0.2) is 64.9 Å². The third-order valence-corrected chi connectivity index (χ3v) is 8.50. The van der Waals surface area contributed by atoms with Gasteiger partial charge in [-0.05, 0) is 64.2 Å². The summed E-state index contributed by atoms with van der Waals surface area (Å²) >= 11 is 0. The van der Waals surface area contributed by atoms with E-state index in [1.165, 1.54) is 6.42 Å². The second-order valence-electron chi connectivity index (χ2n) is 12.4. The lowest BCUT2D eigenvalue weighted by Crippen LogP contribution is -2.43. The van der Waals surface area contributed by atoms with Crippen LogP contribution < -0.4 is 5.32 Å². The Morgan fingerprint density at radius 2 is 1.10 bits per heavy atom. The molecule has 0 saturated carbocycles. The van der Waals surface area contributed by atoms with Gasteiger partial charge < -0.3 is 25.2 Å². The van der Waals surface area contributed by atoms with E-state index < -0.39 is 57.6 Å². The number of aliphatic hydroxyl groups is 1. The van der Waals surface area contributed by atoms with E-state index in [-0.39, 0.29) is 12.8 Å². The number of phosphoric ester groups is 1. The number of hydrogen-bond acceptors (Lipinski definition) is 8. The normalized spacial score (nSPS) is 14.5. The number of unbranched alkanes of at least 4 members (excludes halogenated alkanes) is 12. The van der Waals surface area contributed by atoms with Crippen LogP contribution in [0.1, 0.15) is 142 Å². The Bertz CT molecular complexity index is 1040. The Balaban J connectivity index is 4.02. The molecule has 0 spiro atoms. The first kappa shape index (κ1) is 47.4. The van der Waals surface area contributed by atoms with Crippen molar-refractivity contribution < 1.29 is 47.8 Å². The van der Waals surface area contributed by atoms with Gasteiger partial charge in [-0.3, -0.25) is 18.6 Å². The molecule has 0 radical (unpaired) electrons. The van der Waals surface area contributed by atoms with Gasteiger partial charge in [0.1, 0.15) is 12.7 Å². The van der Waals surface area contributed by atoms with E-state index in [0.717, 1.165) is 96.3 Å². The molecule has 12 heteroatoms. The third kappa shape index (κ3) is 32.6. The highest BCUT2D eigenvalue weighted by atomic mass is 31.2. The lowest BCUT2D eigenvalue weighted by Gasteiger charge is -2.18. The van der Waals surface area contributed by atoms with Gasteiger partial charge in [0.2, 0.25) is 5.91 Å². The standard InChI is InChI=1S/C38H66NO10P/c1-3-5-7-9-11-13-15-17-19-21-23-25-27-29-36(41)39-35(38(43)44)33-49-50(45,46)48-32-34(40)31-47-37(42)30-28-26-24-22-20-18-16-14-12-10-8-6-4-2/h7-10,13-16,34-35,40H,3-6,11-12,17-33H2,1-2H3,(H,39,41)(H,43,44)(H,45,46)/b9-7-,10-8-,15-13-,16-14-. The molecule has 0 aliphatic rings. The van der Waals surface area contributed by atoms with Gasteiger partial charge >= 0.3 is 19.8 Å². The van der Waals surface area contributed by atoms with Crippen molar-refractivity contribution in [3.05, 3.63) is 48.6 Å². The summed E-state index contributed by atoms with van der Waals surface area (Å²) in [5.41, 5.74) is 0. The molecule has 0 rings (SSSR count). The van der Waals surface area contributed by atoms with Crippen LogP contribution in [0.4, 0.5) is 0 Å². The zero-order chi connectivity index (χ0) is 37.1. The van der Waals surface area contributed by atoms with Crippen LogP contribution in [-0.2, 0) is 32.7 Å². The molecule has 50 heavy (non-hydrogen) atoms. The number of nitrogens with one attached hydrogen (secondary N) is 1. The van der Waals surface area contributed by atoms with Crippen LogP contribution in [0.5, 0.6) is 0 Å². The maximum absolute atomic E-state index is 12.2. The highest BCUT2D eigenvalue weighted by Crippen LogP contribution is 2.43. The fraction of sp³-hybridized carbons (Fsp3) is 0.711. The fourth-order valence-corrected chi connectivity index (χ4v) is 5.40. The highest BCUT2D eigenvalue weighted by Gasteiger charge is 2.28. The van der Waals surface area contributed by atoms with Crippen LogP contribution >= 0.6 is 7.82 Å². The number of rotatable bonds is 34. The van der Waals surface area contributed by atoms with Crippen molar-refractivity contribution >= 4 is 25.7 Å². The molecular weight excluding hydrogens is 661 g/mol. The van der Waals surface area contributed by atoms with Gasteiger partial charge in [-0.25, -0.2) is 9.36 Å². The number of carboxylic acids is 1. The number of aliphatic hydroxyl groups excluding tert-OH is 1. The predicted octanol–water partition coefficient (Wildman–Crippen LogP) is 8.66. The van der Waals surface area contributed by atoms with Crippen LogP contribution in [0.2, 0.25) is 0 Å². The average Bonchev–Trinajstić information content (AvgIpc) is 3.08. The number of carbonyl (C=O) groups is 3. The topological polar surface area (TPSA) is 169 Å². The number of aliphatic carboxylic acids is 1. The quantitative estimate of drug-likeness (QED) is 0.0218. The third-order valence-electron chi connectivity index (χ3n) is 7.55. The summed E-state index contributed by atoms with van der Waals surface area (Å²) < 4.78 is 26.7. The molecule has 0 bridgehead atoms. The van der Waals surface area contributed by atoms with Gasteiger partial charge in [-0.1, -0.05) is 114 Å². The van der Waals surface area contributed by atoms with Crippen molar-refractivity contribution in [2.45, 2.75) is 154 Å². The smallest absolute Gasteiger partial charge is 0.472 e. The summed E-state index contributed by atoms with van der Waals surface area (Å²) in [5.74, 6) is -2.42. The summed E-state index contributed by atoms with van der Waals surface area (Å²) in [6.07, 6.45) is 34.3. The first-order valence-electron chi connectivity index (χ1n) is 18.7. The van der Waals surface area contributed by atoms with Gasteiger partial charge in [-0.2, -0.15) is 0 Å². The number of allylic oxidation sites excluding steroid dienone is 8. The van der Waals surface area contributed by atoms with E-state index >= 15 is 0 Å². The van der Waals surface area contributed by atoms with Crippen molar-refractivity contribution in [1.29, 1.82) is 0 Å². The largest absolute Gasteiger partial charge is 0.480 e. The molecular formula is C38H66NO10P. The number of phosphoric acid groups is 1. The van der Waals surface area contributed by atoms with Crippen molar-refractivity contribution in [3.8, 4) is 0 Å². The lowest BCUT2D eigenvalue weighted by molar-refractivity contribution is -0.147. The summed E-state index contributed by atoms with van der Waals surface area (Å²) in [5, 5.41) is 21.7. The molecule has 0 heterocycles. The molecule has 0 saturated heterocycles. The Labute approximate surface area is 301 Å².